The van der Waals surface area contributed by atoms with Gasteiger partial charge in [-0.1, -0.05) is 54.1 Å². The number of aryl methyl sites for hydroxylation is 1. The van der Waals surface area contributed by atoms with Crippen molar-refractivity contribution in [2.75, 3.05) is 0 Å². The molecule has 0 saturated carbocycles. The lowest BCUT2D eigenvalue weighted by molar-refractivity contribution is -0.688. The van der Waals surface area contributed by atoms with Gasteiger partial charge < -0.3 is 0 Å². The molecule has 0 radical (unpaired) electrons. The molecule has 3 rings (SSSR count). The highest BCUT2D eigenvalue weighted by atomic mass is 14.9. The number of hydrogen-bond donors (Lipinski definition) is 0. The first kappa shape index (κ1) is 12.6. The Bertz CT molecular complexity index is 684. The zero-order valence-electron chi connectivity index (χ0n) is 11.7. The normalized spacial score (nSPS) is 10.4. The van der Waals surface area contributed by atoms with Gasteiger partial charge >= 0.3 is 0 Å². The van der Waals surface area contributed by atoms with Gasteiger partial charge in [0.05, 0.1) is 0 Å². The zero-order chi connectivity index (χ0) is 13.8. The van der Waals surface area contributed by atoms with E-state index in [9.17, 15) is 0 Å². The van der Waals surface area contributed by atoms with Crippen LogP contribution in [0.2, 0.25) is 0 Å². The van der Waals surface area contributed by atoms with E-state index in [2.05, 4.69) is 84.5 Å². The summed E-state index contributed by atoms with van der Waals surface area (Å²) in [6.07, 6.45) is 4.29. The molecule has 0 aliphatic carbocycles. The summed E-state index contributed by atoms with van der Waals surface area (Å²) < 4.78 is 2.21. The van der Waals surface area contributed by atoms with Gasteiger partial charge in [-0.25, -0.2) is 4.57 Å². The summed E-state index contributed by atoms with van der Waals surface area (Å²) in [4.78, 5) is 0. The molecule has 0 aliphatic heterocycles. The molecule has 0 saturated heterocycles. The van der Waals surface area contributed by atoms with Crippen molar-refractivity contribution in [1.29, 1.82) is 0 Å². The van der Waals surface area contributed by atoms with Gasteiger partial charge in [-0.15, -0.1) is 0 Å². The van der Waals surface area contributed by atoms with Gasteiger partial charge in [0, 0.05) is 17.7 Å². The van der Waals surface area contributed by atoms with Crippen molar-refractivity contribution in [1.82, 2.24) is 0 Å². The quantitative estimate of drug-likeness (QED) is 0.627. The number of pyridine rings is 1. The van der Waals surface area contributed by atoms with Gasteiger partial charge in [0.25, 0.3) is 0 Å². The molecule has 20 heavy (non-hydrogen) atoms. The molecular weight excluding hydrogens is 242 g/mol. The topological polar surface area (TPSA) is 3.88 Å². The van der Waals surface area contributed by atoms with Gasteiger partial charge in [0.1, 0.15) is 0 Å². The highest BCUT2D eigenvalue weighted by Gasteiger charge is 2.04. The van der Waals surface area contributed by atoms with Crippen molar-refractivity contribution in [3.63, 3.8) is 0 Å². The van der Waals surface area contributed by atoms with E-state index in [0.717, 1.165) is 6.54 Å². The largest absolute Gasteiger partial charge is 0.201 e. The van der Waals surface area contributed by atoms with E-state index in [1.807, 2.05) is 6.07 Å². The van der Waals surface area contributed by atoms with Crippen molar-refractivity contribution < 1.29 is 4.57 Å². The molecule has 1 heteroatoms. The minimum absolute atomic E-state index is 0.913. The van der Waals surface area contributed by atoms with Crippen LogP contribution >= 0.6 is 0 Å². The molecule has 0 amide bonds. The number of hydrogen-bond acceptors (Lipinski definition) is 0. The zero-order valence-corrected chi connectivity index (χ0v) is 11.7. The van der Waals surface area contributed by atoms with E-state index in [-0.39, 0.29) is 0 Å². The molecule has 0 fully saturated rings. The molecule has 0 bridgehead atoms. The minimum Gasteiger partial charge on any atom is -0.201 e. The van der Waals surface area contributed by atoms with Crippen molar-refractivity contribution >= 4 is 0 Å². The highest BCUT2D eigenvalue weighted by molar-refractivity contribution is 5.61. The van der Waals surface area contributed by atoms with Crippen LogP contribution in [0.25, 0.3) is 11.1 Å². The molecule has 98 valence electrons. The lowest BCUT2D eigenvalue weighted by Gasteiger charge is -2.02. The van der Waals surface area contributed by atoms with Gasteiger partial charge in [-0.3, -0.25) is 0 Å². The van der Waals surface area contributed by atoms with Crippen LogP contribution in [0, 0.1) is 6.92 Å². The van der Waals surface area contributed by atoms with Crippen LogP contribution in [0.3, 0.4) is 0 Å². The average Bonchev–Trinajstić information content (AvgIpc) is 2.49. The number of aromatic nitrogens is 1. The molecule has 3 aromatic rings. The first-order valence-electron chi connectivity index (χ1n) is 6.91. The molecule has 2 aromatic carbocycles. The highest BCUT2D eigenvalue weighted by Crippen LogP contribution is 2.16. The standard InChI is InChI=1S/C19H18N/c1-16-6-5-7-17(14-16)15-20-12-10-19(11-13-20)18-8-3-2-4-9-18/h2-14H,15H2,1H3/q+1. The summed E-state index contributed by atoms with van der Waals surface area (Å²) >= 11 is 0. The molecule has 1 heterocycles. The van der Waals surface area contributed by atoms with Crippen LogP contribution in [0.5, 0.6) is 0 Å². The van der Waals surface area contributed by atoms with Gasteiger partial charge in [0.2, 0.25) is 0 Å². The lowest BCUT2D eigenvalue weighted by atomic mass is 10.1. The Morgan fingerprint density at radius 1 is 0.750 bits per heavy atom. The molecule has 1 nitrogen and oxygen atoms in total. The minimum atomic E-state index is 0.913. The van der Waals surface area contributed by atoms with Gasteiger partial charge in [-0.05, 0) is 24.1 Å². The first-order chi connectivity index (χ1) is 9.81. The van der Waals surface area contributed by atoms with Gasteiger partial charge in [0.15, 0.2) is 18.9 Å². The molecule has 0 spiro atoms. The Kier molecular flexibility index (Phi) is 3.60. The van der Waals surface area contributed by atoms with Crippen LogP contribution in [0.4, 0.5) is 0 Å². The van der Waals surface area contributed by atoms with Gasteiger partial charge in [-0.2, -0.15) is 0 Å². The molecule has 1 aromatic heterocycles. The maximum atomic E-state index is 2.23. The summed E-state index contributed by atoms with van der Waals surface area (Å²) in [6.45, 7) is 3.05. The summed E-state index contributed by atoms with van der Waals surface area (Å²) in [6, 6.07) is 23.5. The summed E-state index contributed by atoms with van der Waals surface area (Å²) in [5.74, 6) is 0. The Balaban J connectivity index is 1.80. The smallest absolute Gasteiger partial charge is 0.173 e. The second-order valence-electron chi connectivity index (χ2n) is 5.11. The summed E-state index contributed by atoms with van der Waals surface area (Å²) in [7, 11) is 0. The maximum absolute atomic E-state index is 2.23. The van der Waals surface area contributed by atoms with E-state index in [0.29, 0.717) is 0 Å². The third-order valence-corrected chi connectivity index (χ3v) is 3.45. The van der Waals surface area contributed by atoms with Crippen LogP contribution in [-0.4, -0.2) is 0 Å². The van der Waals surface area contributed by atoms with E-state index < -0.39 is 0 Å². The summed E-state index contributed by atoms with van der Waals surface area (Å²) in [5, 5.41) is 0. The third-order valence-electron chi connectivity index (χ3n) is 3.45. The molecular formula is C19H18N+. The molecule has 0 N–H and O–H groups in total. The monoisotopic (exact) mass is 260 g/mol. The lowest BCUT2D eigenvalue weighted by Crippen LogP contribution is -2.33. The number of nitrogens with zero attached hydrogens (tertiary/aromatic N) is 1. The van der Waals surface area contributed by atoms with Crippen molar-refractivity contribution in [3.05, 3.63) is 90.3 Å². The second-order valence-corrected chi connectivity index (χ2v) is 5.11. The van der Waals surface area contributed by atoms with Crippen molar-refractivity contribution in [3.8, 4) is 11.1 Å². The molecule has 0 unspecified atom stereocenters. The fourth-order valence-electron chi connectivity index (χ4n) is 2.41. The predicted molar refractivity (Wildman–Crippen MR) is 82.4 cm³/mol. The average molecular weight is 260 g/mol. The Labute approximate surface area is 120 Å². The van der Waals surface area contributed by atoms with E-state index in [1.165, 1.54) is 22.3 Å². The second kappa shape index (κ2) is 5.70. The third kappa shape index (κ3) is 2.94. The number of rotatable bonds is 3. The van der Waals surface area contributed by atoms with Crippen molar-refractivity contribution in [2.24, 2.45) is 0 Å². The van der Waals surface area contributed by atoms with Crippen LogP contribution in [0.1, 0.15) is 11.1 Å². The Hall–Kier alpha value is -2.41. The van der Waals surface area contributed by atoms with Crippen LogP contribution in [0.15, 0.2) is 79.1 Å². The fraction of sp³-hybridized carbons (Fsp3) is 0.105. The SMILES string of the molecule is Cc1cccc(C[n+]2ccc(-c3ccccc3)cc2)c1. The predicted octanol–water partition coefficient (Wildman–Crippen LogP) is 4.00. The van der Waals surface area contributed by atoms with Crippen LogP contribution < -0.4 is 4.57 Å². The summed E-state index contributed by atoms with van der Waals surface area (Å²) in [5.41, 5.74) is 5.16. The Morgan fingerprint density at radius 3 is 2.15 bits per heavy atom. The van der Waals surface area contributed by atoms with Crippen molar-refractivity contribution in [2.45, 2.75) is 13.5 Å². The molecule has 0 atom stereocenters. The van der Waals surface area contributed by atoms with Crippen LogP contribution in [-0.2, 0) is 6.54 Å². The number of benzene rings is 2. The fourth-order valence-corrected chi connectivity index (χ4v) is 2.41. The molecule has 0 aliphatic rings. The first-order valence-corrected chi connectivity index (χ1v) is 6.91. The maximum Gasteiger partial charge on any atom is 0.173 e. The van der Waals surface area contributed by atoms with E-state index in [1.54, 1.807) is 0 Å². The van der Waals surface area contributed by atoms with E-state index in [4.69, 9.17) is 0 Å². The Morgan fingerprint density at radius 2 is 1.45 bits per heavy atom. The van der Waals surface area contributed by atoms with E-state index >= 15 is 0 Å².